The van der Waals surface area contributed by atoms with Gasteiger partial charge in [-0.1, -0.05) is 42.5 Å². The van der Waals surface area contributed by atoms with Gasteiger partial charge in [0.05, 0.1) is 6.42 Å². The summed E-state index contributed by atoms with van der Waals surface area (Å²) in [4.78, 5) is 12.2. The van der Waals surface area contributed by atoms with Gasteiger partial charge in [-0.05, 0) is 29.3 Å². The van der Waals surface area contributed by atoms with Gasteiger partial charge in [0, 0.05) is 12.1 Å². The number of amides is 1. The fraction of sp³-hybridized carbons (Fsp3) is 0.125. The molecule has 0 aliphatic rings. The van der Waals surface area contributed by atoms with Crippen molar-refractivity contribution in [2.24, 2.45) is 5.73 Å². The normalized spacial score (nSPS) is 10.1. The summed E-state index contributed by atoms with van der Waals surface area (Å²) in [5, 5.41) is 2.81. The van der Waals surface area contributed by atoms with E-state index in [-0.39, 0.29) is 18.1 Å². The Morgan fingerprint density at radius 2 is 1.86 bits per heavy atom. The van der Waals surface area contributed by atoms with Gasteiger partial charge in [-0.2, -0.15) is 0 Å². The number of carbonyl (C=O) groups excluding carboxylic acids is 1. The second kappa shape index (κ2) is 6.95. The van der Waals surface area contributed by atoms with Gasteiger partial charge in [0.15, 0.2) is 0 Å². The van der Waals surface area contributed by atoms with Crippen LogP contribution in [-0.2, 0) is 17.8 Å². The molecule has 2 rings (SSSR count). The molecule has 0 radical (unpaired) electrons. The monoisotopic (exact) mass is 302 g/mol. The van der Waals surface area contributed by atoms with Crippen molar-refractivity contribution in [2.75, 3.05) is 0 Å². The van der Waals surface area contributed by atoms with Crippen LogP contribution in [0.25, 0.3) is 0 Å². The number of hydrogen-bond donors (Lipinski definition) is 2. The number of thiocarbonyl (C=S) groups is 1. The van der Waals surface area contributed by atoms with Crippen LogP contribution in [0.2, 0.25) is 0 Å². The molecule has 0 aliphatic carbocycles. The second-order valence-electron chi connectivity index (χ2n) is 4.64. The predicted octanol–water partition coefficient (Wildman–Crippen LogP) is 2.32. The molecule has 0 aromatic heterocycles. The highest BCUT2D eigenvalue weighted by Gasteiger charge is 2.04. The number of nitrogens with two attached hydrogens (primary N) is 1. The van der Waals surface area contributed by atoms with E-state index >= 15 is 0 Å². The number of carbonyl (C=O) groups is 1. The molecule has 0 bridgehead atoms. The van der Waals surface area contributed by atoms with Crippen LogP contribution >= 0.6 is 12.2 Å². The van der Waals surface area contributed by atoms with Gasteiger partial charge in [-0.15, -0.1) is 0 Å². The van der Waals surface area contributed by atoms with Crippen molar-refractivity contribution in [3.05, 3.63) is 71.0 Å². The lowest BCUT2D eigenvalue weighted by Gasteiger charge is -2.07. The molecule has 108 valence electrons. The topological polar surface area (TPSA) is 55.1 Å². The van der Waals surface area contributed by atoms with Gasteiger partial charge in [0.25, 0.3) is 0 Å². The fourth-order valence-electron chi connectivity index (χ4n) is 1.89. The average molecular weight is 302 g/mol. The van der Waals surface area contributed by atoms with E-state index in [9.17, 15) is 9.18 Å². The maximum Gasteiger partial charge on any atom is 0.224 e. The minimum absolute atomic E-state index is 0.123. The van der Waals surface area contributed by atoms with Gasteiger partial charge in [0.1, 0.15) is 10.8 Å². The maximum absolute atomic E-state index is 12.8. The Morgan fingerprint density at radius 1 is 1.14 bits per heavy atom. The first kappa shape index (κ1) is 15.1. The van der Waals surface area contributed by atoms with Crippen molar-refractivity contribution in [1.82, 2.24) is 5.32 Å². The van der Waals surface area contributed by atoms with Gasteiger partial charge >= 0.3 is 0 Å². The second-order valence-corrected chi connectivity index (χ2v) is 5.08. The van der Waals surface area contributed by atoms with Crippen LogP contribution in [-0.4, -0.2) is 10.9 Å². The molecule has 0 saturated heterocycles. The number of halogens is 1. The van der Waals surface area contributed by atoms with Gasteiger partial charge < -0.3 is 11.1 Å². The number of benzene rings is 2. The summed E-state index contributed by atoms with van der Waals surface area (Å²) in [7, 11) is 0. The van der Waals surface area contributed by atoms with Crippen LogP contribution in [0.15, 0.2) is 48.5 Å². The molecule has 2 aromatic rings. The molecule has 1 amide bonds. The Bertz CT molecular complexity index is 656. The third kappa shape index (κ3) is 4.65. The van der Waals surface area contributed by atoms with E-state index in [2.05, 4.69) is 5.32 Å². The summed E-state index contributed by atoms with van der Waals surface area (Å²) in [6, 6.07) is 13.3. The van der Waals surface area contributed by atoms with Crippen molar-refractivity contribution in [3.63, 3.8) is 0 Å². The SMILES string of the molecule is NC(=S)c1cccc(CNC(=O)Cc2ccc(F)cc2)c1. The molecule has 21 heavy (non-hydrogen) atoms. The van der Waals surface area contributed by atoms with Crippen LogP contribution in [0.4, 0.5) is 4.39 Å². The quantitative estimate of drug-likeness (QED) is 0.833. The molecule has 0 spiro atoms. The molecular weight excluding hydrogens is 287 g/mol. The first-order chi connectivity index (χ1) is 10.0. The van der Waals surface area contributed by atoms with Crippen molar-refractivity contribution in [1.29, 1.82) is 0 Å². The molecule has 3 nitrogen and oxygen atoms in total. The zero-order chi connectivity index (χ0) is 15.2. The largest absolute Gasteiger partial charge is 0.389 e. The van der Waals surface area contributed by atoms with Crippen molar-refractivity contribution in [2.45, 2.75) is 13.0 Å². The van der Waals surface area contributed by atoms with E-state index in [1.54, 1.807) is 12.1 Å². The summed E-state index contributed by atoms with van der Waals surface area (Å²) in [5.74, 6) is -0.434. The van der Waals surface area contributed by atoms with Gasteiger partial charge in [-0.25, -0.2) is 4.39 Å². The zero-order valence-corrected chi connectivity index (χ0v) is 12.1. The van der Waals surface area contributed by atoms with Crippen LogP contribution in [0, 0.1) is 5.82 Å². The minimum atomic E-state index is -0.311. The maximum atomic E-state index is 12.8. The lowest BCUT2D eigenvalue weighted by Crippen LogP contribution is -2.24. The fourth-order valence-corrected chi connectivity index (χ4v) is 2.01. The van der Waals surface area contributed by atoms with Crippen molar-refractivity contribution >= 4 is 23.1 Å². The Kier molecular flexibility index (Phi) is 5.00. The van der Waals surface area contributed by atoms with E-state index in [4.69, 9.17) is 18.0 Å². The van der Waals surface area contributed by atoms with Crippen LogP contribution < -0.4 is 11.1 Å². The van der Waals surface area contributed by atoms with E-state index in [0.29, 0.717) is 11.5 Å². The van der Waals surface area contributed by atoms with E-state index in [1.165, 1.54) is 12.1 Å². The third-order valence-electron chi connectivity index (χ3n) is 2.98. The Morgan fingerprint density at radius 3 is 2.52 bits per heavy atom. The first-order valence-electron chi connectivity index (χ1n) is 6.44. The standard InChI is InChI=1S/C16H15FN2OS/c17-14-6-4-11(5-7-14)9-15(20)19-10-12-2-1-3-13(8-12)16(18)21/h1-8H,9-10H2,(H2,18,21)(H,19,20). The first-order valence-corrected chi connectivity index (χ1v) is 6.85. The molecule has 0 fully saturated rings. The number of nitrogens with one attached hydrogen (secondary N) is 1. The molecule has 0 atom stereocenters. The predicted molar refractivity (Wildman–Crippen MR) is 84.3 cm³/mol. The highest BCUT2D eigenvalue weighted by molar-refractivity contribution is 7.80. The van der Waals surface area contributed by atoms with E-state index in [0.717, 1.165) is 16.7 Å². The average Bonchev–Trinajstić information content (AvgIpc) is 2.48. The van der Waals surface area contributed by atoms with Crippen LogP contribution in [0.1, 0.15) is 16.7 Å². The lowest BCUT2D eigenvalue weighted by atomic mass is 10.1. The Balaban J connectivity index is 1.90. The molecule has 0 saturated carbocycles. The highest BCUT2D eigenvalue weighted by Crippen LogP contribution is 2.06. The highest BCUT2D eigenvalue weighted by atomic mass is 32.1. The summed E-state index contributed by atoms with van der Waals surface area (Å²) >= 11 is 4.91. The smallest absolute Gasteiger partial charge is 0.224 e. The molecule has 0 heterocycles. The molecule has 0 aliphatic heterocycles. The third-order valence-corrected chi connectivity index (χ3v) is 3.21. The Labute approximate surface area is 128 Å². The minimum Gasteiger partial charge on any atom is -0.389 e. The molecular formula is C16H15FN2OS. The molecule has 0 unspecified atom stereocenters. The van der Waals surface area contributed by atoms with E-state index < -0.39 is 0 Å². The van der Waals surface area contributed by atoms with Gasteiger partial charge in [-0.3, -0.25) is 4.79 Å². The summed E-state index contributed by atoms with van der Waals surface area (Å²) in [6.07, 6.45) is 0.218. The summed E-state index contributed by atoms with van der Waals surface area (Å²) in [5.41, 5.74) is 8.03. The molecule has 2 aromatic carbocycles. The lowest BCUT2D eigenvalue weighted by molar-refractivity contribution is -0.120. The Hall–Kier alpha value is -2.27. The van der Waals surface area contributed by atoms with Crippen molar-refractivity contribution < 1.29 is 9.18 Å². The molecule has 3 N–H and O–H groups in total. The molecule has 5 heteroatoms. The van der Waals surface area contributed by atoms with Crippen LogP contribution in [0.5, 0.6) is 0 Å². The zero-order valence-electron chi connectivity index (χ0n) is 11.3. The van der Waals surface area contributed by atoms with E-state index in [1.807, 2.05) is 24.3 Å². The number of hydrogen-bond acceptors (Lipinski definition) is 2. The van der Waals surface area contributed by atoms with Crippen LogP contribution in [0.3, 0.4) is 0 Å². The van der Waals surface area contributed by atoms with Gasteiger partial charge in [0.2, 0.25) is 5.91 Å². The summed E-state index contributed by atoms with van der Waals surface area (Å²) < 4.78 is 12.8. The van der Waals surface area contributed by atoms with Crippen molar-refractivity contribution in [3.8, 4) is 0 Å². The number of rotatable bonds is 5. The summed E-state index contributed by atoms with van der Waals surface area (Å²) in [6.45, 7) is 0.399.